The molecule has 4 rings (SSSR count). The van der Waals surface area contributed by atoms with Crippen molar-refractivity contribution in [1.82, 2.24) is 0 Å². The van der Waals surface area contributed by atoms with E-state index < -0.39 is 0 Å². The lowest BCUT2D eigenvalue weighted by Crippen LogP contribution is -2.14. The van der Waals surface area contributed by atoms with Crippen molar-refractivity contribution in [3.63, 3.8) is 0 Å². The van der Waals surface area contributed by atoms with Crippen molar-refractivity contribution < 1.29 is 0 Å². The Hall–Kier alpha value is -2.08. The highest BCUT2D eigenvalue weighted by Gasteiger charge is 2.23. The fraction of sp³-hybridized carbons (Fsp3) is 0.333. The summed E-state index contributed by atoms with van der Waals surface area (Å²) < 4.78 is 0. The molecule has 0 spiro atoms. The highest BCUT2D eigenvalue weighted by atomic mass is 14.3. The Balaban J connectivity index is 2.09. The molecule has 0 atom stereocenters. The summed E-state index contributed by atoms with van der Waals surface area (Å²) in [5, 5.41) is 2.73. The maximum absolute atomic E-state index is 2.35. The molecule has 0 nitrogen and oxygen atoms in total. The summed E-state index contributed by atoms with van der Waals surface area (Å²) in [5.41, 5.74) is 7.67. The fourth-order valence-corrected chi connectivity index (χ4v) is 4.20. The van der Waals surface area contributed by atoms with E-state index in [0.717, 1.165) is 0 Å². The van der Waals surface area contributed by atoms with Gasteiger partial charge < -0.3 is 0 Å². The number of hydrogen-bond acceptors (Lipinski definition) is 0. The lowest BCUT2D eigenvalue weighted by molar-refractivity contribution is 0.592. The maximum Gasteiger partial charge on any atom is -0.00651 e. The van der Waals surface area contributed by atoms with Crippen molar-refractivity contribution >= 4 is 10.8 Å². The zero-order valence-electron chi connectivity index (χ0n) is 15.0. The van der Waals surface area contributed by atoms with Crippen LogP contribution in [0.2, 0.25) is 0 Å². The first kappa shape index (κ1) is 15.4. The van der Waals surface area contributed by atoms with Gasteiger partial charge in [0.2, 0.25) is 0 Å². The zero-order chi connectivity index (χ0) is 16.7. The molecular formula is C24H26. The molecule has 0 heterocycles. The highest BCUT2D eigenvalue weighted by molar-refractivity contribution is 5.99. The number of fused-ring (bicyclic) bond motifs is 2. The van der Waals surface area contributed by atoms with Gasteiger partial charge in [-0.2, -0.15) is 0 Å². The molecule has 0 heteroatoms. The summed E-state index contributed by atoms with van der Waals surface area (Å²) in [4.78, 5) is 0. The first-order valence-electron chi connectivity index (χ1n) is 9.19. The molecule has 0 amide bonds. The van der Waals surface area contributed by atoms with Gasteiger partial charge in [-0.15, -0.1) is 0 Å². The minimum atomic E-state index is 0.136. The van der Waals surface area contributed by atoms with Crippen LogP contribution in [0.1, 0.15) is 50.3 Å². The van der Waals surface area contributed by atoms with Crippen LogP contribution in [0.15, 0.2) is 54.6 Å². The van der Waals surface area contributed by atoms with Gasteiger partial charge in [-0.3, -0.25) is 0 Å². The van der Waals surface area contributed by atoms with Crippen LogP contribution in [0.5, 0.6) is 0 Å². The van der Waals surface area contributed by atoms with Crippen LogP contribution in [-0.2, 0) is 18.3 Å². The summed E-state index contributed by atoms with van der Waals surface area (Å²) in [6.07, 6.45) is 5.11. The molecule has 0 bridgehead atoms. The molecule has 0 aliphatic heterocycles. The SMILES string of the molecule is CC(C)(C)c1ccc2ccccc2c1-c1cccc2c1CCCC2. The average Bonchev–Trinajstić information content (AvgIpc) is 2.59. The van der Waals surface area contributed by atoms with Crippen molar-refractivity contribution in [3.05, 3.63) is 71.3 Å². The topological polar surface area (TPSA) is 0 Å². The lowest BCUT2D eigenvalue weighted by Gasteiger charge is -2.27. The summed E-state index contributed by atoms with van der Waals surface area (Å²) in [6.45, 7) is 6.99. The van der Waals surface area contributed by atoms with Gasteiger partial charge in [0.05, 0.1) is 0 Å². The molecule has 3 aromatic rings. The first-order chi connectivity index (χ1) is 11.6. The third kappa shape index (κ3) is 2.55. The normalized spacial score (nSPS) is 14.6. The molecule has 24 heavy (non-hydrogen) atoms. The van der Waals surface area contributed by atoms with E-state index in [1.54, 1.807) is 11.1 Å². The molecule has 0 fully saturated rings. The predicted molar refractivity (Wildman–Crippen MR) is 105 cm³/mol. The van der Waals surface area contributed by atoms with E-state index in [-0.39, 0.29) is 5.41 Å². The van der Waals surface area contributed by atoms with Crippen molar-refractivity contribution in [3.8, 4) is 11.1 Å². The molecule has 122 valence electrons. The Labute approximate surface area is 145 Å². The third-order valence-electron chi connectivity index (χ3n) is 5.40. The van der Waals surface area contributed by atoms with Gasteiger partial charge in [-0.25, -0.2) is 0 Å². The van der Waals surface area contributed by atoms with Crippen molar-refractivity contribution in [2.75, 3.05) is 0 Å². The molecule has 0 N–H and O–H groups in total. The quantitative estimate of drug-likeness (QED) is 0.470. The minimum absolute atomic E-state index is 0.136. The van der Waals surface area contributed by atoms with Crippen molar-refractivity contribution in [2.24, 2.45) is 0 Å². The van der Waals surface area contributed by atoms with E-state index in [2.05, 4.69) is 75.4 Å². The van der Waals surface area contributed by atoms with Gasteiger partial charge in [0, 0.05) is 0 Å². The first-order valence-corrected chi connectivity index (χ1v) is 9.19. The maximum atomic E-state index is 2.35. The van der Waals surface area contributed by atoms with Gasteiger partial charge in [-0.1, -0.05) is 75.4 Å². The standard InChI is InChI=1S/C24H26/c1-24(2,3)22-16-15-18-10-5-7-13-20(18)23(22)21-14-8-11-17-9-4-6-12-19(17)21/h5,7-8,10-11,13-16H,4,6,9,12H2,1-3H3. The van der Waals surface area contributed by atoms with Crippen LogP contribution >= 0.6 is 0 Å². The van der Waals surface area contributed by atoms with E-state index in [0.29, 0.717) is 0 Å². The Morgan fingerprint density at radius 2 is 1.54 bits per heavy atom. The number of hydrogen-bond donors (Lipinski definition) is 0. The summed E-state index contributed by atoms with van der Waals surface area (Å²) >= 11 is 0. The van der Waals surface area contributed by atoms with Gasteiger partial charge >= 0.3 is 0 Å². The van der Waals surface area contributed by atoms with Gasteiger partial charge in [0.1, 0.15) is 0 Å². The van der Waals surface area contributed by atoms with Crippen LogP contribution in [-0.4, -0.2) is 0 Å². The van der Waals surface area contributed by atoms with Crippen LogP contribution < -0.4 is 0 Å². The predicted octanol–water partition coefficient (Wildman–Crippen LogP) is 6.68. The Bertz CT molecular complexity index is 894. The molecule has 0 saturated carbocycles. The fourth-order valence-electron chi connectivity index (χ4n) is 4.20. The van der Waals surface area contributed by atoms with E-state index >= 15 is 0 Å². The molecule has 0 saturated heterocycles. The third-order valence-corrected chi connectivity index (χ3v) is 5.40. The number of rotatable bonds is 1. The van der Waals surface area contributed by atoms with Crippen LogP contribution in [0.3, 0.4) is 0 Å². The van der Waals surface area contributed by atoms with E-state index in [1.807, 2.05) is 0 Å². The molecule has 1 aliphatic rings. The number of benzene rings is 3. The second kappa shape index (κ2) is 5.77. The second-order valence-corrected chi connectivity index (χ2v) is 8.11. The summed E-state index contributed by atoms with van der Waals surface area (Å²) in [5.74, 6) is 0. The monoisotopic (exact) mass is 314 g/mol. The highest BCUT2D eigenvalue weighted by Crippen LogP contribution is 2.41. The summed E-state index contributed by atoms with van der Waals surface area (Å²) in [6, 6.07) is 20.4. The second-order valence-electron chi connectivity index (χ2n) is 8.11. The van der Waals surface area contributed by atoms with Gasteiger partial charge in [-0.05, 0) is 69.7 Å². The molecule has 0 radical (unpaired) electrons. The van der Waals surface area contributed by atoms with E-state index in [9.17, 15) is 0 Å². The molecule has 0 unspecified atom stereocenters. The largest absolute Gasteiger partial charge is 0.0616 e. The molecule has 0 aromatic heterocycles. The Kier molecular flexibility index (Phi) is 3.72. The molecule has 3 aromatic carbocycles. The molecular weight excluding hydrogens is 288 g/mol. The summed E-state index contributed by atoms with van der Waals surface area (Å²) in [7, 11) is 0. The average molecular weight is 314 g/mol. The van der Waals surface area contributed by atoms with Crippen LogP contribution in [0, 0.1) is 0 Å². The van der Waals surface area contributed by atoms with Gasteiger partial charge in [0.15, 0.2) is 0 Å². The van der Waals surface area contributed by atoms with Gasteiger partial charge in [0.25, 0.3) is 0 Å². The Morgan fingerprint density at radius 3 is 2.38 bits per heavy atom. The minimum Gasteiger partial charge on any atom is -0.0616 e. The van der Waals surface area contributed by atoms with E-state index in [1.165, 1.54) is 53.1 Å². The molecule has 1 aliphatic carbocycles. The number of aryl methyl sites for hydroxylation is 1. The lowest BCUT2D eigenvalue weighted by atomic mass is 9.77. The van der Waals surface area contributed by atoms with Crippen LogP contribution in [0.25, 0.3) is 21.9 Å². The van der Waals surface area contributed by atoms with Crippen LogP contribution in [0.4, 0.5) is 0 Å². The van der Waals surface area contributed by atoms with Crippen molar-refractivity contribution in [1.29, 1.82) is 0 Å². The Morgan fingerprint density at radius 1 is 0.750 bits per heavy atom. The van der Waals surface area contributed by atoms with E-state index in [4.69, 9.17) is 0 Å². The zero-order valence-corrected chi connectivity index (χ0v) is 15.0. The smallest absolute Gasteiger partial charge is 0.00651 e. The van der Waals surface area contributed by atoms with Crippen molar-refractivity contribution in [2.45, 2.75) is 51.9 Å².